The molecule has 1 aromatic carbocycles. The van der Waals surface area contributed by atoms with Gasteiger partial charge in [-0.1, -0.05) is 28.1 Å². The van der Waals surface area contributed by atoms with E-state index in [0.717, 1.165) is 24.3 Å². The van der Waals surface area contributed by atoms with Crippen molar-refractivity contribution in [1.82, 2.24) is 4.98 Å². The number of rotatable bonds is 3. The molecule has 3 rings (SSSR count). The number of sulfone groups is 1. The molecule has 0 aliphatic heterocycles. The van der Waals surface area contributed by atoms with Crippen molar-refractivity contribution in [2.24, 2.45) is 0 Å². The first-order valence-corrected chi connectivity index (χ1v) is 10.3. The molecule has 0 N–H and O–H groups in total. The van der Waals surface area contributed by atoms with E-state index in [-0.39, 0.29) is 17.8 Å². The van der Waals surface area contributed by atoms with Gasteiger partial charge < -0.3 is 0 Å². The van der Waals surface area contributed by atoms with Crippen LogP contribution in [0.1, 0.15) is 23.6 Å². The Labute approximate surface area is 166 Å². The molecule has 2 atom stereocenters. The summed E-state index contributed by atoms with van der Waals surface area (Å²) in [7, 11) is -4.23. The standard InChI is InChI=1S/C18H12BrF4NO3S/c19-13-2-1-3-14(20)17(13)12-8-10(25)4-6-15(12)28(26,27)11-5-7-16(24-9-11)18(21,22)23/h1-7,9,12,15H,8H2. The zero-order valence-electron chi connectivity index (χ0n) is 14.0. The fraction of sp³-hybridized carbons (Fsp3) is 0.222. The molecule has 0 radical (unpaired) electrons. The summed E-state index contributed by atoms with van der Waals surface area (Å²) >= 11 is 3.18. The van der Waals surface area contributed by atoms with Gasteiger partial charge in [-0.3, -0.25) is 9.78 Å². The molecule has 4 nitrogen and oxygen atoms in total. The maximum absolute atomic E-state index is 14.4. The Morgan fingerprint density at radius 2 is 1.86 bits per heavy atom. The van der Waals surface area contributed by atoms with Crippen molar-refractivity contribution in [2.45, 2.75) is 28.7 Å². The summed E-state index contributed by atoms with van der Waals surface area (Å²) in [5.74, 6) is -2.11. The summed E-state index contributed by atoms with van der Waals surface area (Å²) in [6, 6.07) is 5.46. The predicted molar refractivity (Wildman–Crippen MR) is 95.8 cm³/mol. The maximum Gasteiger partial charge on any atom is 0.433 e. The average Bonchev–Trinajstić information content (AvgIpc) is 2.61. The molecule has 2 unspecified atom stereocenters. The van der Waals surface area contributed by atoms with E-state index in [4.69, 9.17) is 0 Å². The number of carbonyl (C=O) groups excluding carboxylic acids is 1. The molecule has 28 heavy (non-hydrogen) atoms. The highest BCUT2D eigenvalue weighted by Gasteiger charge is 2.40. The number of hydrogen-bond donors (Lipinski definition) is 0. The molecule has 10 heteroatoms. The smallest absolute Gasteiger partial charge is 0.295 e. The SMILES string of the molecule is O=C1C=CC(S(=O)(=O)c2ccc(C(F)(F)F)nc2)C(c2c(F)cccc2Br)C1. The second kappa shape index (κ2) is 7.40. The minimum Gasteiger partial charge on any atom is -0.295 e. The van der Waals surface area contributed by atoms with Crippen LogP contribution in [-0.4, -0.2) is 24.4 Å². The fourth-order valence-electron chi connectivity index (χ4n) is 3.06. The molecule has 0 saturated heterocycles. The number of nitrogens with zero attached hydrogens (tertiary/aromatic N) is 1. The Balaban J connectivity index is 2.08. The fourth-order valence-corrected chi connectivity index (χ4v) is 5.42. The molecular weight excluding hydrogens is 466 g/mol. The second-order valence-corrected chi connectivity index (χ2v) is 9.12. The molecule has 0 spiro atoms. The Bertz CT molecular complexity index is 1030. The van der Waals surface area contributed by atoms with Gasteiger partial charge in [0.05, 0.1) is 10.1 Å². The van der Waals surface area contributed by atoms with Crippen molar-refractivity contribution in [3.8, 4) is 0 Å². The van der Waals surface area contributed by atoms with Gasteiger partial charge in [0.15, 0.2) is 15.6 Å². The van der Waals surface area contributed by atoms with Gasteiger partial charge >= 0.3 is 6.18 Å². The third-order valence-electron chi connectivity index (χ3n) is 4.37. The van der Waals surface area contributed by atoms with E-state index in [9.17, 15) is 30.8 Å². The average molecular weight is 478 g/mol. The largest absolute Gasteiger partial charge is 0.433 e. The number of ketones is 1. The lowest BCUT2D eigenvalue weighted by Gasteiger charge is -2.28. The number of hydrogen-bond acceptors (Lipinski definition) is 4. The van der Waals surface area contributed by atoms with Crippen LogP contribution in [0.3, 0.4) is 0 Å². The van der Waals surface area contributed by atoms with Crippen LogP contribution in [0.15, 0.2) is 58.0 Å². The van der Waals surface area contributed by atoms with Crippen LogP contribution in [0.25, 0.3) is 0 Å². The highest BCUT2D eigenvalue weighted by atomic mass is 79.9. The number of carbonyl (C=O) groups is 1. The van der Waals surface area contributed by atoms with Crippen LogP contribution in [0.2, 0.25) is 0 Å². The minimum absolute atomic E-state index is 0.0219. The normalized spacial score (nSPS) is 20.4. The van der Waals surface area contributed by atoms with E-state index >= 15 is 0 Å². The first-order chi connectivity index (χ1) is 13.0. The molecule has 1 aromatic heterocycles. The molecule has 1 heterocycles. The molecule has 0 bridgehead atoms. The van der Waals surface area contributed by atoms with Crippen molar-refractivity contribution in [3.63, 3.8) is 0 Å². The monoisotopic (exact) mass is 477 g/mol. The summed E-state index contributed by atoms with van der Waals surface area (Å²) < 4.78 is 78.8. The Hall–Kier alpha value is -2.07. The molecule has 0 saturated carbocycles. The molecule has 148 valence electrons. The van der Waals surface area contributed by atoms with Crippen molar-refractivity contribution >= 4 is 31.6 Å². The molecule has 1 aliphatic rings. The summed E-state index contributed by atoms with van der Waals surface area (Å²) in [5, 5.41) is -1.34. The lowest BCUT2D eigenvalue weighted by atomic mass is 9.86. The number of aromatic nitrogens is 1. The predicted octanol–water partition coefficient (Wildman–Crippen LogP) is 4.46. The van der Waals surface area contributed by atoms with Gasteiger partial charge in [0.2, 0.25) is 0 Å². The molecule has 0 amide bonds. The third-order valence-corrected chi connectivity index (χ3v) is 7.17. The van der Waals surface area contributed by atoms with E-state index in [1.54, 1.807) is 0 Å². The van der Waals surface area contributed by atoms with Gasteiger partial charge in [-0.15, -0.1) is 0 Å². The Morgan fingerprint density at radius 3 is 2.43 bits per heavy atom. The van der Waals surface area contributed by atoms with Gasteiger partial charge in [0.25, 0.3) is 0 Å². The highest BCUT2D eigenvalue weighted by Crippen LogP contribution is 2.40. The van der Waals surface area contributed by atoms with E-state index < -0.39 is 43.6 Å². The van der Waals surface area contributed by atoms with Crippen LogP contribution in [-0.2, 0) is 20.8 Å². The van der Waals surface area contributed by atoms with Gasteiger partial charge in [-0.2, -0.15) is 13.2 Å². The first-order valence-electron chi connectivity index (χ1n) is 7.94. The van der Waals surface area contributed by atoms with Crippen molar-refractivity contribution in [2.75, 3.05) is 0 Å². The lowest BCUT2D eigenvalue weighted by Crippen LogP contribution is -2.32. The topological polar surface area (TPSA) is 64.1 Å². The summed E-state index contributed by atoms with van der Waals surface area (Å²) in [6.07, 6.45) is -2.11. The van der Waals surface area contributed by atoms with E-state index in [0.29, 0.717) is 16.7 Å². The van der Waals surface area contributed by atoms with Crippen molar-refractivity contribution < 1.29 is 30.8 Å². The molecule has 2 aromatic rings. The number of alkyl halides is 3. The number of pyridine rings is 1. The minimum atomic E-state index is -4.71. The number of halogens is 5. The summed E-state index contributed by atoms with van der Waals surface area (Å²) in [6.45, 7) is 0. The Kier molecular flexibility index (Phi) is 5.46. The van der Waals surface area contributed by atoms with Gasteiger partial charge in [0, 0.05) is 28.6 Å². The van der Waals surface area contributed by atoms with Crippen molar-refractivity contribution in [1.29, 1.82) is 0 Å². The summed E-state index contributed by atoms with van der Waals surface area (Å²) in [5.41, 5.74) is -1.21. The van der Waals surface area contributed by atoms with Gasteiger partial charge in [-0.25, -0.2) is 12.8 Å². The van der Waals surface area contributed by atoms with Crippen LogP contribution >= 0.6 is 15.9 Å². The molecular formula is C18H12BrF4NO3S. The molecule has 0 fully saturated rings. The van der Waals surface area contributed by atoms with Gasteiger partial charge in [0.1, 0.15) is 11.5 Å². The Morgan fingerprint density at radius 1 is 1.14 bits per heavy atom. The highest BCUT2D eigenvalue weighted by molar-refractivity contribution is 9.10. The molecule has 1 aliphatic carbocycles. The van der Waals surface area contributed by atoms with E-state index in [1.165, 1.54) is 12.1 Å². The van der Waals surface area contributed by atoms with Crippen LogP contribution in [0, 0.1) is 5.82 Å². The summed E-state index contributed by atoms with van der Waals surface area (Å²) in [4.78, 5) is 14.6. The van der Waals surface area contributed by atoms with Crippen LogP contribution in [0.5, 0.6) is 0 Å². The third kappa shape index (κ3) is 3.88. The van der Waals surface area contributed by atoms with Crippen LogP contribution in [0.4, 0.5) is 17.6 Å². The zero-order valence-corrected chi connectivity index (χ0v) is 16.4. The number of benzene rings is 1. The quantitative estimate of drug-likeness (QED) is 0.612. The zero-order chi connectivity index (χ0) is 20.7. The second-order valence-electron chi connectivity index (χ2n) is 6.16. The van der Waals surface area contributed by atoms with Crippen molar-refractivity contribution in [3.05, 3.63) is 70.2 Å². The first kappa shape index (κ1) is 20.7. The number of allylic oxidation sites excluding steroid dienone is 1. The van der Waals surface area contributed by atoms with Crippen LogP contribution < -0.4 is 0 Å². The maximum atomic E-state index is 14.4. The van der Waals surface area contributed by atoms with E-state index in [1.807, 2.05) is 0 Å². The lowest BCUT2D eigenvalue weighted by molar-refractivity contribution is -0.141. The van der Waals surface area contributed by atoms with E-state index in [2.05, 4.69) is 20.9 Å². The van der Waals surface area contributed by atoms with Gasteiger partial charge in [-0.05, 0) is 30.3 Å².